The molecule has 0 aliphatic rings. The molecule has 2 N–H and O–H groups in total. The second-order valence-corrected chi connectivity index (χ2v) is 8.25. The normalized spacial score (nSPS) is 11.0. The molecule has 2 aromatic carbocycles. The zero-order chi connectivity index (χ0) is 23.6. The van der Waals surface area contributed by atoms with Gasteiger partial charge >= 0.3 is 5.97 Å². The average Bonchev–Trinajstić information content (AvgIpc) is 2.74. The lowest BCUT2D eigenvalue weighted by molar-refractivity contribution is -0.216. The van der Waals surface area contributed by atoms with Crippen molar-refractivity contribution >= 4 is 24.0 Å². The standard InChI is InChI=1S/C24H30N2O6/c1-24(2,3)32-26(17-27)14-8-7-11-22(28)25-19-12-13-21(20(15-19)23(29)30)31-16-18-9-5-4-6-10-18/h4-6,9-10,12-13,15,17H,7-8,11,14,16H2,1-3H3,(H,25,28)(H,29,30). The second-order valence-electron chi connectivity index (χ2n) is 8.25. The van der Waals surface area contributed by atoms with Gasteiger partial charge in [0, 0.05) is 18.7 Å². The average molecular weight is 443 g/mol. The number of ether oxygens (including phenoxy) is 1. The summed E-state index contributed by atoms with van der Waals surface area (Å²) in [6.07, 6.45) is 2.00. The first-order chi connectivity index (χ1) is 15.2. The molecule has 0 aliphatic heterocycles. The van der Waals surface area contributed by atoms with Gasteiger partial charge in [0.25, 0.3) is 0 Å². The molecule has 172 valence electrons. The van der Waals surface area contributed by atoms with Crippen molar-refractivity contribution < 1.29 is 29.1 Å². The Kier molecular flexibility index (Phi) is 9.22. The van der Waals surface area contributed by atoms with Crippen LogP contribution in [0.25, 0.3) is 0 Å². The molecule has 0 aliphatic carbocycles. The van der Waals surface area contributed by atoms with Crippen molar-refractivity contribution in [2.45, 2.75) is 52.2 Å². The number of nitrogens with one attached hydrogen (secondary N) is 1. The van der Waals surface area contributed by atoms with E-state index in [1.807, 2.05) is 51.1 Å². The lowest BCUT2D eigenvalue weighted by Crippen LogP contribution is -2.33. The summed E-state index contributed by atoms with van der Waals surface area (Å²) < 4.78 is 5.65. The maximum Gasteiger partial charge on any atom is 0.339 e. The molecule has 0 bridgehead atoms. The fraction of sp³-hybridized carbons (Fsp3) is 0.375. The highest BCUT2D eigenvalue weighted by Gasteiger charge is 2.16. The molecule has 2 rings (SSSR count). The van der Waals surface area contributed by atoms with Crippen LogP contribution in [0.3, 0.4) is 0 Å². The number of nitrogens with zero attached hydrogens (tertiary/aromatic N) is 1. The number of hydrogen-bond donors (Lipinski definition) is 2. The summed E-state index contributed by atoms with van der Waals surface area (Å²) in [6, 6.07) is 13.9. The van der Waals surface area contributed by atoms with E-state index >= 15 is 0 Å². The SMILES string of the molecule is CC(C)(C)ON(C=O)CCCCC(=O)Nc1ccc(OCc2ccccc2)c(C(=O)O)c1. The zero-order valence-electron chi connectivity index (χ0n) is 18.7. The van der Waals surface area contributed by atoms with Gasteiger partial charge in [-0.25, -0.2) is 9.86 Å². The molecule has 0 saturated carbocycles. The Morgan fingerprint density at radius 1 is 1.09 bits per heavy atom. The van der Waals surface area contributed by atoms with E-state index in [-0.39, 0.29) is 30.2 Å². The number of rotatable bonds is 12. The van der Waals surface area contributed by atoms with Crippen molar-refractivity contribution in [2.75, 3.05) is 11.9 Å². The number of unbranched alkanes of at least 4 members (excludes halogenated alkanes) is 1. The molecule has 0 saturated heterocycles. The molecule has 0 atom stereocenters. The number of carbonyl (C=O) groups excluding carboxylic acids is 2. The molecule has 8 heteroatoms. The number of hydroxylamine groups is 2. The van der Waals surface area contributed by atoms with Crippen LogP contribution in [0.15, 0.2) is 48.5 Å². The molecule has 2 aromatic rings. The van der Waals surface area contributed by atoms with Crippen LogP contribution in [0.4, 0.5) is 5.69 Å². The first kappa shape index (κ1) is 24.9. The summed E-state index contributed by atoms with van der Waals surface area (Å²) >= 11 is 0. The summed E-state index contributed by atoms with van der Waals surface area (Å²) in [7, 11) is 0. The van der Waals surface area contributed by atoms with Gasteiger partial charge in [-0.05, 0) is 57.4 Å². The third-order valence-electron chi connectivity index (χ3n) is 4.27. The smallest absolute Gasteiger partial charge is 0.339 e. The van der Waals surface area contributed by atoms with Crippen LogP contribution in [0.5, 0.6) is 5.75 Å². The van der Waals surface area contributed by atoms with Crippen LogP contribution in [0.2, 0.25) is 0 Å². The Bertz CT molecular complexity index is 908. The summed E-state index contributed by atoms with van der Waals surface area (Å²) in [5.74, 6) is -1.15. The van der Waals surface area contributed by atoms with Gasteiger partial charge in [0.2, 0.25) is 12.3 Å². The predicted octanol–water partition coefficient (Wildman–Crippen LogP) is 4.26. The van der Waals surface area contributed by atoms with Gasteiger partial charge in [0.1, 0.15) is 17.9 Å². The van der Waals surface area contributed by atoms with E-state index in [0.717, 1.165) is 5.56 Å². The maximum absolute atomic E-state index is 12.2. The van der Waals surface area contributed by atoms with Gasteiger partial charge in [0.15, 0.2) is 0 Å². The Morgan fingerprint density at radius 3 is 2.44 bits per heavy atom. The first-order valence-corrected chi connectivity index (χ1v) is 10.4. The number of hydrogen-bond acceptors (Lipinski definition) is 5. The second kappa shape index (κ2) is 11.9. The molecule has 0 heterocycles. The van der Waals surface area contributed by atoms with E-state index in [4.69, 9.17) is 9.57 Å². The summed E-state index contributed by atoms with van der Waals surface area (Å²) in [5, 5.41) is 13.4. The number of carboxylic acid groups (broad SMARTS) is 1. The third kappa shape index (κ3) is 8.77. The lowest BCUT2D eigenvalue weighted by Gasteiger charge is -2.26. The van der Waals surface area contributed by atoms with Crippen LogP contribution in [0.1, 0.15) is 56.0 Å². The molecular weight excluding hydrogens is 412 g/mol. The van der Waals surface area contributed by atoms with E-state index in [1.54, 1.807) is 6.07 Å². The minimum Gasteiger partial charge on any atom is -0.488 e. The van der Waals surface area contributed by atoms with Gasteiger partial charge in [-0.1, -0.05) is 30.3 Å². The highest BCUT2D eigenvalue weighted by atomic mass is 16.7. The molecular formula is C24H30N2O6. The predicted molar refractivity (Wildman–Crippen MR) is 120 cm³/mol. The van der Waals surface area contributed by atoms with E-state index in [9.17, 15) is 19.5 Å². The monoisotopic (exact) mass is 442 g/mol. The van der Waals surface area contributed by atoms with Crippen LogP contribution in [-0.2, 0) is 21.0 Å². The topological polar surface area (TPSA) is 105 Å². The number of aromatic carboxylic acids is 1. The first-order valence-electron chi connectivity index (χ1n) is 10.4. The minimum atomic E-state index is -1.14. The number of carbonyl (C=O) groups is 3. The van der Waals surface area contributed by atoms with Crippen molar-refractivity contribution in [3.8, 4) is 5.75 Å². The van der Waals surface area contributed by atoms with Crippen LogP contribution in [-0.4, -0.2) is 40.6 Å². The van der Waals surface area contributed by atoms with Crippen LogP contribution < -0.4 is 10.1 Å². The van der Waals surface area contributed by atoms with Crippen molar-refractivity contribution in [2.24, 2.45) is 0 Å². The maximum atomic E-state index is 12.2. The Labute approximate surface area is 188 Å². The van der Waals surface area contributed by atoms with Gasteiger partial charge in [-0.2, -0.15) is 0 Å². The fourth-order valence-corrected chi connectivity index (χ4v) is 2.88. The zero-order valence-corrected chi connectivity index (χ0v) is 18.7. The highest BCUT2D eigenvalue weighted by molar-refractivity contribution is 5.95. The van der Waals surface area contributed by atoms with Crippen molar-refractivity contribution in [1.29, 1.82) is 0 Å². The summed E-state index contributed by atoms with van der Waals surface area (Å²) in [4.78, 5) is 40.4. The Hall–Kier alpha value is -3.39. The van der Waals surface area contributed by atoms with Gasteiger partial charge in [-0.15, -0.1) is 0 Å². The molecule has 0 spiro atoms. The molecule has 0 fully saturated rings. The van der Waals surface area contributed by atoms with Gasteiger partial charge in [-0.3, -0.25) is 14.4 Å². The Balaban J connectivity index is 1.86. The summed E-state index contributed by atoms with van der Waals surface area (Å²) in [5.41, 5.74) is 0.795. The summed E-state index contributed by atoms with van der Waals surface area (Å²) in [6.45, 7) is 6.16. The van der Waals surface area contributed by atoms with E-state index in [1.165, 1.54) is 17.2 Å². The Morgan fingerprint density at radius 2 is 1.81 bits per heavy atom. The third-order valence-corrected chi connectivity index (χ3v) is 4.27. The minimum absolute atomic E-state index is 0.0281. The molecule has 2 amide bonds. The number of anilines is 1. The molecule has 0 unspecified atom stereocenters. The van der Waals surface area contributed by atoms with E-state index in [0.29, 0.717) is 31.5 Å². The molecule has 8 nitrogen and oxygen atoms in total. The lowest BCUT2D eigenvalue weighted by atomic mass is 10.1. The number of benzene rings is 2. The van der Waals surface area contributed by atoms with Gasteiger partial charge in [0.05, 0.1) is 5.60 Å². The van der Waals surface area contributed by atoms with Crippen molar-refractivity contribution in [3.05, 3.63) is 59.7 Å². The molecule has 0 aromatic heterocycles. The fourth-order valence-electron chi connectivity index (χ4n) is 2.88. The quantitative estimate of drug-likeness (QED) is 0.289. The van der Waals surface area contributed by atoms with Gasteiger partial charge < -0.3 is 15.2 Å². The van der Waals surface area contributed by atoms with Crippen LogP contribution in [0, 0.1) is 0 Å². The van der Waals surface area contributed by atoms with Crippen LogP contribution >= 0.6 is 0 Å². The van der Waals surface area contributed by atoms with Crippen molar-refractivity contribution in [1.82, 2.24) is 5.06 Å². The van der Waals surface area contributed by atoms with E-state index in [2.05, 4.69) is 5.32 Å². The number of amides is 2. The molecule has 32 heavy (non-hydrogen) atoms. The largest absolute Gasteiger partial charge is 0.488 e. The highest BCUT2D eigenvalue weighted by Crippen LogP contribution is 2.24. The number of carboxylic acids is 1. The molecule has 0 radical (unpaired) electrons. The van der Waals surface area contributed by atoms with Crippen molar-refractivity contribution in [3.63, 3.8) is 0 Å². The van der Waals surface area contributed by atoms with E-state index < -0.39 is 11.6 Å².